The molecular formula is C14H21N3O3. The van der Waals surface area contributed by atoms with E-state index in [9.17, 15) is 4.79 Å². The molecule has 0 aromatic carbocycles. The molecule has 0 radical (unpaired) electrons. The number of esters is 1. The summed E-state index contributed by atoms with van der Waals surface area (Å²) in [6.45, 7) is 7.73. The number of fused-ring (bicyclic) bond motifs is 1. The van der Waals surface area contributed by atoms with Gasteiger partial charge in [-0.1, -0.05) is 0 Å². The maximum atomic E-state index is 11.9. The van der Waals surface area contributed by atoms with Crippen LogP contribution in [-0.4, -0.2) is 36.2 Å². The van der Waals surface area contributed by atoms with Crippen LogP contribution in [0.3, 0.4) is 0 Å². The second-order valence-electron chi connectivity index (χ2n) is 5.18. The lowest BCUT2D eigenvalue weighted by molar-refractivity contribution is -0.0212. The first-order valence-electron chi connectivity index (χ1n) is 6.83. The number of ether oxygens (including phenoxy) is 2. The Hall–Kier alpha value is -1.53. The van der Waals surface area contributed by atoms with Gasteiger partial charge in [-0.05, 0) is 20.8 Å². The summed E-state index contributed by atoms with van der Waals surface area (Å²) in [5.41, 5.74) is 1.45. The highest BCUT2D eigenvalue weighted by Gasteiger charge is 2.30. The van der Waals surface area contributed by atoms with Gasteiger partial charge in [-0.15, -0.1) is 0 Å². The standard InChI is InChI=1S/C14H21N3O3/c1-5-20-14(2,3)13-16-10-6-7-15-8-9(10)11(17-13)12(18)19-4/h15H,5-8H2,1-4H3. The Morgan fingerprint density at radius 3 is 2.80 bits per heavy atom. The Morgan fingerprint density at radius 1 is 1.40 bits per heavy atom. The first-order valence-corrected chi connectivity index (χ1v) is 6.83. The summed E-state index contributed by atoms with van der Waals surface area (Å²) in [7, 11) is 1.36. The Morgan fingerprint density at radius 2 is 2.15 bits per heavy atom. The van der Waals surface area contributed by atoms with E-state index < -0.39 is 11.6 Å². The third-order valence-electron chi connectivity index (χ3n) is 3.36. The summed E-state index contributed by atoms with van der Waals surface area (Å²) < 4.78 is 10.5. The van der Waals surface area contributed by atoms with Gasteiger partial charge in [0.25, 0.3) is 0 Å². The van der Waals surface area contributed by atoms with Gasteiger partial charge in [0.2, 0.25) is 0 Å². The van der Waals surface area contributed by atoms with Gasteiger partial charge in [0, 0.05) is 31.7 Å². The van der Waals surface area contributed by atoms with Crippen molar-refractivity contribution in [3.63, 3.8) is 0 Å². The third-order valence-corrected chi connectivity index (χ3v) is 3.36. The van der Waals surface area contributed by atoms with Crippen molar-refractivity contribution < 1.29 is 14.3 Å². The van der Waals surface area contributed by atoms with E-state index >= 15 is 0 Å². The van der Waals surface area contributed by atoms with Crippen molar-refractivity contribution in [2.24, 2.45) is 0 Å². The van der Waals surface area contributed by atoms with Gasteiger partial charge in [0.15, 0.2) is 11.5 Å². The number of hydrogen-bond donors (Lipinski definition) is 1. The van der Waals surface area contributed by atoms with Crippen LogP contribution in [-0.2, 0) is 28.0 Å². The average Bonchev–Trinajstić information content (AvgIpc) is 2.45. The van der Waals surface area contributed by atoms with E-state index in [0.717, 1.165) is 24.2 Å². The fraction of sp³-hybridized carbons (Fsp3) is 0.643. The number of carbonyl (C=O) groups is 1. The first kappa shape index (κ1) is 14.9. The van der Waals surface area contributed by atoms with Crippen LogP contribution in [0.2, 0.25) is 0 Å². The summed E-state index contributed by atoms with van der Waals surface area (Å²) in [5, 5.41) is 3.22. The highest BCUT2D eigenvalue weighted by molar-refractivity contribution is 5.89. The molecule has 0 fully saturated rings. The molecule has 0 amide bonds. The molecule has 0 saturated heterocycles. The summed E-state index contributed by atoms with van der Waals surface area (Å²) in [6, 6.07) is 0. The molecule has 0 atom stereocenters. The smallest absolute Gasteiger partial charge is 0.357 e. The van der Waals surface area contributed by atoms with E-state index in [-0.39, 0.29) is 0 Å². The minimum absolute atomic E-state index is 0.340. The zero-order valence-electron chi connectivity index (χ0n) is 12.4. The van der Waals surface area contributed by atoms with Crippen LogP contribution in [0.15, 0.2) is 0 Å². The van der Waals surface area contributed by atoms with E-state index in [2.05, 4.69) is 15.3 Å². The van der Waals surface area contributed by atoms with Gasteiger partial charge in [-0.25, -0.2) is 14.8 Å². The molecule has 1 N–H and O–H groups in total. The number of nitrogens with one attached hydrogen (secondary N) is 1. The van der Waals surface area contributed by atoms with Crippen molar-refractivity contribution in [2.45, 2.75) is 39.3 Å². The zero-order valence-corrected chi connectivity index (χ0v) is 12.4. The predicted octanol–water partition coefficient (Wildman–Crippen LogP) is 1.18. The molecule has 110 valence electrons. The highest BCUT2D eigenvalue weighted by Crippen LogP contribution is 2.25. The minimum atomic E-state index is -0.628. The maximum Gasteiger partial charge on any atom is 0.357 e. The SMILES string of the molecule is CCOC(C)(C)c1nc2c(c(C(=O)OC)n1)CNCC2. The van der Waals surface area contributed by atoms with Gasteiger partial charge >= 0.3 is 5.97 Å². The minimum Gasteiger partial charge on any atom is -0.464 e. The van der Waals surface area contributed by atoms with Crippen molar-refractivity contribution in [1.82, 2.24) is 15.3 Å². The number of carbonyl (C=O) groups excluding carboxylic acids is 1. The number of methoxy groups -OCH3 is 1. The molecule has 2 heterocycles. The van der Waals surface area contributed by atoms with Crippen LogP contribution in [0.25, 0.3) is 0 Å². The van der Waals surface area contributed by atoms with Gasteiger partial charge < -0.3 is 14.8 Å². The monoisotopic (exact) mass is 279 g/mol. The van der Waals surface area contributed by atoms with E-state index in [0.29, 0.717) is 24.7 Å². The Kier molecular flexibility index (Phi) is 4.35. The van der Waals surface area contributed by atoms with Gasteiger partial charge in [0.1, 0.15) is 5.60 Å². The molecule has 0 spiro atoms. The second-order valence-corrected chi connectivity index (χ2v) is 5.18. The summed E-state index contributed by atoms with van der Waals surface area (Å²) >= 11 is 0. The zero-order chi connectivity index (χ0) is 14.8. The lowest BCUT2D eigenvalue weighted by atomic mass is 10.0. The largest absolute Gasteiger partial charge is 0.464 e. The number of rotatable bonds is 4. The van der Waals surface area contributed by atoms with Crippen molar-refractivity contribution in [3.8, 4) is 0 Å². The maximum absolute atomic E-state index is 11.9. The molecule has 0 unspecified atom stereocenters. The molecule has 1 aromatic rings. The summed E-state index contributed by atoms with van der Waals surface area (Å²) in [5.74, 6) is 0.0984. The topological polar surface area (TPSA) is 73.3 Å². The van der Waals surface area contributed by atoms with Crippen LogP contribution in [0.1, 0.15) is 48.3 Å². The fourth-order valence-electron chi connectivity index (χ4n) is 2.30. The molecule has 1 aliphatic rings. The van der Waals surface area contributed by atoms with Crippen molar-refractivity contribution in [1.29, 1.82) is 0 Å². The lowest BCUT2D eigenvalue weighted by Crippen LogP contribution is -2.32. The van der Waals surface area contributed by atoms with Crippen LogP contribution >= 0.6 is 0 Å². The molecule has 20 heavy (non-hydrogen) atoms. The van der Waals surface area contributed by atoms with Crippen LogP contribution < -0.4 is 5.32 Å². The first-order chi connectivity index (χ1) is 9.49. The van der Waals surface area contributed by atoms with E-state index in [4.69, 9.17) is 9.47 Å². The number of hydrogen-bond acceptors (Lipinski definition) is 6. The van der Waals surface area contributed by atoms with Crippen molar-refractivity contribution >= 4 is 5.97 Å². The lowest BCUT2D eigenvalue weighted by Gasteiger charge is -2.26. The number of nitrogens with zero attached hydrogens (tertiary/aromatic N) is 2. The van der Waals surface area contributed by atoms with Crippen molar-refractivity contribution in [2.75, 3.05) is 20.3 Å². The normalized spacial score (nSPS) is 14.8. The van der Waals surface area contributed by atoms with E-state index in [1.54, 1.807) is 0 Å². The van der Waals surface area contributed by atoms with E-state index in [1.807, 2.05) is 20.8 Å². The quantitative estimate of drug-likeness (QED) is 0.834. The second kappa shape index (κ2) is 5.85. The Bertz CT molecular complexity index is 515. The van der Waals surface area contributed by atoms with Gasteiger partial charge in [0.05, 0.1) is 12.8 Å². The molecule has 0 saturated carbocycles. The molecule has 6 nitrogen and oxygen atoms in total. The Labute approximate surface area is 118 Å². The molecule has 0 bridgehead atoms. The van der Waals surface area contributed by atoms with Gasteiger partial charge in [-0.2, -0.15) is 0 Å². The average molecular weight is 279 g/mol. The van der Waals surface area contributed by atoms with Crippen LogP contribution in [0.5, 0.6) is 0 Å². The van der Waals surface area contributed by atoms with E-state index in [1.165, 1.54) is 7.11 Å². The fourth-order valence-corrected chi connectivity index (χ4v) is 2.30. The van der Waals surface area contributed by atoms with Crippen LogP contribution in [0, 0.1) is 0 Å². The van der Waals surface area contributed by atoms with Crippen LogP contribution in [0.4, 0.5) is 0 Å². The Balaban J connectivity index is 2.52. The summed E-state index contributed by atoms with van der Waals surface area (Å²) in [6.07, 6.45) is 0.775. The summed E-state index contributed by atoms with van der Waals surface area (Å²) in [4.78, 5) is 20.9. The number of aromatic nitrogens is 2. The third kappa shape index (κ3) is 2.81. The molecule has 0 aliphatic carbocycles. The predicted molar refractivity (Wildman–Crippen MR) is 73.4 cm³/mol. The molecular weight excluding hydrogens is 258 g/mol. The highest BCUT2D eigenvalue weighted by atomic mass is 16.5. The molecule has 2 rings (SSSR count). The van der Waals surface area contributed by atoms with Gasteiger partial charge in [-0.3, -0.25) is 0 Å². The van der Waals surface area contributed by atoms with Crippen molar-refractivity contribution in [3.05, 3.63) is 22.8 Å². The molecule has 6 heteroatoms. The molecule has 1 aliphatic heterocycles. The molecule has 1 aromatic heterocycles.